The van der Waals surface area contributed by atoms with Crippen molar-refractivity contribution in [2.75, 3.05) is 0 Å². The largest absolute Gasteiger partial charge is 0.271 e. The zero-order valence-corrected chi connectivity index (χ0v) is 11.9. The molecule has 0 amide bonds. The lowest BCUT2D eigenvalue weighted by Gasteiger charge is -2.15. The molecule has 0 aliphatic heterocycles. The van der Waals surface area contributed by atoms with Crippen LogP contribution in [0.4, 0.5) is 0 Å². The number of benzene rings is 1. The SMILES string of the molecule is NNC(Cc1ccc(Cl)c(Cl)c1)Cc1cncs1. The number of hydrazine groups is 1. The van der Waals surface area contributed by atoms with Gasteiger partial charge in [-0.1, -0.05) is 29.3 Å². The van der Waals surface area contributed by atoms with Crippen molar-refractivity contribution < 1.29 is 0 Å². The molecule has 96 valence electrons. The first kappa shape index (κ1) is 13.8. The lowest BCUT2D eigenvalue weighted by Crippen LogP contribution is -2.38. The van der Waals surface area contributed by atoms with E-state index in [1.165, 1.54) is 4.88 Å². The smallest absolute Gasteiger partial charge is 0.0794 e. The number of nitrogens with two attached hydrogens (primary N) is 1. The van der Waals surface area contributed by atoms with Crippen molar-refractivity contribution in [2.24, 2.45) is 5.84 Å². The van der Waals surface area contributed by atoms with Gasteiger partial charge in [-0.3, -0.25) is 16.3 Å². The van der Waals surface area contributed by atoms with E-state index in [0.29, 0.717) is 10.0 Å². The summed E-state index contributed by atoms with van der Waals surface area (Å²) in [5, 5.41) is 1.14. The fourth-order valence-electron chi connectivity index (χ4n) is 1.73. The number of aromatic nitrogens is 1. The maximum Gasteiger partial charge on any atom is 0.0794 e. The number of hydrogen-bond donors (Lipinski definition) is 2. The lowest BCUT2D eigenvalue weighted by atomic mass is 10.0. The number of hydrogen-bond acceptors (Lipinski definition) is 4. The van der Waals surface area contributed by atoms with E-state index >= 15 is 0 Å². The highest BCUT2D eigenvalue weighted by Gasteiger charge is 2.11. The van der Waals surface area contributed by atoms with Crippen LogP contribution >= 0.6 is 34.5 Å². The van der Waals surface area contributed by atoms with Crippen LogP contribution in [0.25, 0.3) is 0 Å². The highest BCUT2D eigenvalue weighted by atomic mass is 35.5. The molecule has 0 fully saturated rings. The fourth-order valence-corrected chi connectivity index (χ4v) is 2.72. The topological polar surface area (TPSA) is 50.9 Å². The van der Waals surface area contributed by atoms with E-state index in [2.05, 4.69) is 10.4 Å². The zero-order valence-electron chi connectivity index (χ0n) is 9.57. The van der Waals surface area contributed by atoms with E-state index in [4.69, 9.17) is 29.0 Å². The van der Waals surface area contributed by atoms with Crippen LogP contribution in [-0.2, 0) is 12.8 Å². The second kappa shape index (κ2) is 6.50. The molecular formula is C12H13Cl2N3S. The van der Waals surface area contributed by atoms with Gasteiger partial charge in [0, 0.05) is 23.5 Å². The molecule has 0 saturated heterocycles. The van der Waals surface area contributed by atoms with Crippen molar-refractivity contribution in [1.82, 2.24) is 10.4 Å². The molecule has 1 heterocycles. The summed E-state index contributed by atoms with van der Waals surface area (Å²) in [5.74, 6) is 5.58. The van der Waals surface area contributed by atoms with Crippen LogP contribution in [0.15, 0.2) is 29.9 Å². The maximum atomic E-state index is 5.99. The van der Waals surface area contributed by atoms with Crippen LogP contribution in [-0.4, -0.2) is 11.0 Å². The van der Waals surface area contributed by atoms with Crippen molar-refractivity contribution in [3.05, 3.63) is 50.4 Å². The van der Waals surface area contributed by atoms with Gasteiger partial charge in [0.05, 0.1) is 15.6 Å². The molecule has 0 aliphatic rings. The van der Waals surface area contributed by atoms with Crippen LogP contribution in [0.1, 0.15) is 10.4 Å². The molecule has 18 heavy (non-hydrogen) atoms. The summed E-state index contributed by atoms with van der Waals surface area (Å²) < 4.78 is 0. The third-order valence-electron chi connectivity index (χ3n) is 2.63. The van der Waals surface area contributed by atoms with Gasteiger partial charge in [0.15, 0.2) is 0 Å². The second-order valence-electron chi connectivity index (χ2n) is 3.99. The van der Waals surface area contributed by atoms with E-state index in [1.807, 2.05) is 23.8 Å². The van der Waals surface area contributed by atoms with Crippen LogP contribution < -0.4 is 11.3 Å². The quantitative estimate of drug-likeness (QED) is 0.659. The van der Waals surface area contributed by atoms with Gasteiger partial charge in [0.2, 0.25) is 0 Å². The molecular weight excluding hydrogens is 289 g/mol. The van der Waals surface area contributed by atoms with Gasteiger partial charge in [0.1, 0.15) is 0 Å². The van der Waals surface area contributed by atoms with Gasteiger partial charge >= 0.3 is 0 Å². The first-order valence-electron chi connectivity index (χ1n) is 5.46. The summed E-state index contributed by atoms with van der Waals surface area (Å²) in [7, 11) is 0. The standard InChI is InChI=1S/C12H13Cl2N3S/c13-11-2-1-8(4-12(11)14)3-9(17-15)5-10-6-16-7-18-10/h1-2,4,6-7,9,17H,3,5,15H2. The number of halogens is 2. The molecule has 3 N–H and O–H groups in total. The molecule has 2 rings (SSSR count). The minimum absolute atomic E-state index is 0.155. The highest BCUT2D eigenvalue weighted by molar-refractivity contribution is 7.09. The summed E-state index contributed by atoms with van der Waals surface area (Å²) in [6.45, 7) is 0. The van der Waals surface area contributed by atoms with Gasteiger partial charge in [-0.15, -0.1) is 11.3 Å². The van der Waals surface area contributed by atoms with Crippen molar-refractivity contribution >= 4 is 34.5 Å². The van der Waals surface area contributed by atoms with Crippen LogP contribution in [0, 0.1) is 0 Å². The molecule has 3 nitrogen and oxygen atoms in total. The molecule has 0 bridgehead atoms. The number of nitrogens with one attached hydrogen (secondary N) is 1. The minimum atomic E-state index is 0.155. The van der Waals surface area contributed by atoms with Gasteiger partial charge in [0.25, 0.3) is 0 Å². The summed E-state index contributed by atoms with van der Waals surface area (Å²) in [6, 6.07) is 5.80. The number of rotatable bonds is 5. The Labute approximate surface area is 120 Å². The minimum Gasteiger partial charge on any atom is -0.271 e. The Balaban J connectivity index is 2.03. The maximum absolute atomic E-state index is 5.99. The molecule has 0 spiro atoms. The van der Waals surface area contributed by atoms with E-state index in [1.54, 1.807) is 17.4 Å². The first-order valence-corrected chi connectivity index (χ1v) is 7.10. The molecule has 1 aromatic heterocycles. The highest BCUT2D eigenvalue weighted by Crippen LogP contribution is 2.23. The number of nitrogens with zero attached hydrogens (tertiary/aromatic N) is 1. The summed E-state index contributed by atoms with van der Waals surface area (Å²) in [4.78, 5) is 5.26. The average molecular weight is 302 g/mol. The lowest BCUT2D eigenvalue weighted by molar-refractivity contribution is 0.525. The molecule has 1 atom stereocenters. The monoisotopic (exact) mass is 301 g/mol. The normalized spacial score (nSPS) is 12.6. The van der Waals surface area contributed by atoms with Gasteiger partial charge in [-0.05, 0) is 24.1 Å². The fraction of sp³-hybridized carbons (Fsp3) is 0.250. The van der Waals surface area contributed by atoms with Crippen molar-refractivity contribution in [3.63, 3.8) is 0 Å². The van der Waals surface area contributed by atoms with Crippen LogP contribution in [0.5, 0.6) is 0 Å². The van der Waals surface area contributed by atoms with E-state index in [9.17, 15) is 0 Å². The average Bonchev–Trinajstić information content (AvgIpc) is 2.86. The van der Waals surface area contributed by atoms with E-state index in [0.717, 1.165) is 18.4 Å². The summed E-state index contributed by atoms with van der Waals surface area (Å²) in [5.41, 5.74) is 5.76. The predicted octanol–water partition coefficient (Wildman–Crippen LogP) is 3.07. The Hall–Kier alpha value is -0.650. The molecule has 0 saturated carbocycles. The molecule has 1 aromatic carbocycles. The van der Waals surface area contributed by atoms with Crippen molar-refractivity contribution in [2.45, 2.75) is 18.9 Å². The Bertz CT molecular complexity index is 502. The van der Waals surface area contributed by atoms with Crippen LogP contribution in [0.3, 0.4) is 0 Å². The Morgan fingerprint density at radius 2 is 2.11 bits per heavy atom. The van der Waals surface area contributed by atoms with Crippen LogP contribution in [0.2, 0.25) is 10.0 Å². The van der Waals surface area contributed by atoms with Crippen molar-refractivity contribution in [3.8, 4) is 0 Å². The molecule has 0 aliphatic carbocycles. The predicted molar refractivity (Wildman–Crippen MR) is 77.1 cm³/mol. The van der Waals surface area contributed by atoms with E-state index in [-0.39, 0.29) is 6.04 Å². The summed E-state index contributed by atoms with van der Waals surface area (Å²) in [6.07, 6.45) is 3.51. The molecule has 2 aromatic rings. The van der Waals surface area contributed by atoms with Gasteiger partial charge in [-0.2, -0.15) is 0 Å². The summed E-state index contributed by atoms with van der Waals surface area (Å²) >= 11 is 13.5. The third kappa shape index (κ3) is 3.67. The number of thiazole rings is 1. The first-order chi connectivity index (χ1) is 8.69. The third-order valence-corrected chi connectivity index (χ3v) is 4.17. The Morgan fingerprint density at radius 3 is 2.72 bits per heavy atom. The Kier molecular flexibility index (Phi) is 4.97. The molecule has 1 unspecified atom stereocenters. The second-order valence-corrected chi connectivity index (χ2v) is 5.77. The van der Waals surface area contributed by atoms with Crippen molar-refractivity contribution in [1.29, 1.82) is 0 Å². The molecule has 0 radical (unpaired) electrons. The van der Waals surface area contributed by atoms with E-state index < -0.39 is 0 Å². The van der Waals surface area contributed by atoms with Gasteiger partial charge in [-0.25, -0.2) is 0 Å². The molecule has 6 heteroatoms. The van der Waals surface area contributed by atoms with Gasteiger partial charge < -0.3 is 0 Å². The zero-order chi connectivity index (χ0) is 13.0. The Morgan fingerprint density at radius 1 is 1.28 bits per heavy atom.